The molecule has 0 heterocycles. The average Bonchev–Trinajstić information content (AvgIpc) is 2.63. The predicted molar refractivity (Wildman–Crippen MR) is 65.9 cm³/mol. The second kappa shape index (κ2) is 4.75. The fraction of sp³-hybridized carbons (Fsp3) is 0.462. The van der Waals surface area contributed by atoms with Gasteiger partial charge in [-0.2, -0.15) is 0 Å². The summed E-state index contributed by atoms with van der Waals surface area (Å²) < 4.78 is 5.84. The lowest BCUT2D eigenvalue weighted by Crippen LogP contribution is -2.21. The Balaban J connectivity index is 2.19. The minimum atomic E-state index is -0.456. The molecule has 2 unspecified atom stereocenters. The molecule has 1 aromatic carbocycles. The third-order valence-electron chi connectivity index (χ3n) is 3.12. The summed E-state index contributed by atoms with van der Waals surface area (Å²) in [6.07, 6.45) is 2.85. The van der Waals surface area contributed by atoms with Crippen LogP contribution in [-0.2, 0) is 0 Å². The van der Waals surface area contributed by atoms with Crippen LogP contribution >= 0.6 is 0 Å². The smallest absolute Gasteiger partial charge is 0.252 e. The maximum absolute atomic E-state index is 11.3. The van der Waals surface area contributed by atoms with Crippen molar-refractivity contribution in [2.45, 2.75) is 38.3 Å². The minimum absolute atomic E-state index is 0.102. The van der Waals surface area contributed by atoms with Crippen LogP contribution < -0.4 is 16.2 Å². The van der Waals surface area contributed by atoms with Gasteiger partial charge in [-0.05, 0) is 43.9 Å². The van der Waals surface area contributed by atoms with Crippen LogP contribution in [0.25, 0.3) is 0 Å². The molecule has 92 valence electrons. The number of primary amides is 1. The standard InChI is InChI=1S/C13H18N2O2/c1-8-2-5-11(13(15)16)12(6-8)17-10-4-3-9(14)7-10/h2,5-6,9-10H,3-4,7,14H2,1H3,(H2,15,16). The summed E-state index contributed by atoms with van der Waals surface area (Å²) in [5, 5.41) is 0. The van der Waals surface area contributed by atoms with Crippen LogP contribution in [0.2, 0.25) is 0 Å². The molecule has 4 nitrogen and oxygen atoms in total. The van der Waals surface area contributed by atoms with E-state index < -0.39 is 5.91 Å². The van der Waals surface area contributed by atoms with Crippen LogP contribution in [0.5, 0.6) is 5.75 Å². The Morgan fingerprint density at radius 1 is 1.41 bits per heavy atom. The highest BCUT2D eigenvalue weighted by Gasteiger charge is 2.24. The van der Waals surface area contributed by atoms with Gasteiger partial charge < -0.3 is 16.2 Å². The normalized spacial score (nSPS) is 23.6. The SMILES string of the molecule is Cc1ccc(C(N)=O)c(OC2CCC(N)C2)c1. The number of nitrogens with two attached hydrogens (primary N) is 2. The first kappa shape index (κ1) is 11.9. The van der Waals surface area contributed by atoms with Crippen LogP contribution in [0.15, 0.2) is 18.2 Å². The van der Waals surface area contributed by atoms with Crippen LogP contribution in [0.4, 0.5) is 0 Å². The lowest BCUT2D eigenvalue weighted by molar-refractivity contribution is 0.0993. The molecule has 2 rings (SSSR count). The van der Waals surface area contributed by atoms with Crippen molar-refractivity contribution in [1.82, 2.24) is 0 Å². The maximum atomic E-state index is 11.3. The van der Waals surface area contributed by atoms with Crippen LogP contribution in [-0.4, -0.2) is 18.1 Å². The number of hydrogen-bond acceptors (Lipinski definition) is 3. The van der Waals surface area contributed by atoms with E-state index in [-0.39, 0.29) is 12.1 Å². The molecule has 0 radical (unpaired) electrons. The molecule has 1 amide bonds. The van der Waals surface area contributed by atoms with Gasteiger partial charge in [-0.15, -0.1) is 0 Å². The Labute approximate surface area is 101 Å². The van der Waals surface area contributed by atoms with Gasteiger partial charge in [-0.1, -0.05) is 6.07 Å². The molecular formula is C13H18N2O2. The van der Waals surface area contributed by atoms with Gasteiger partial charge in [-0.3, -0.25) is 4.79 Å². The summed E-state index contributed by atoms with van der Waals surface area (Å²) in [5.41, 5.74) is 12.6. The summed E-state index contributed by atoms with van der Waals surface area (Å²) in [5.74, 6) is 0.124. The number of ether oxygens (including phenoxy) is 1. The molecule has 0 spiro atoms. The van der Waals surface area contributed by atoms with Crippen molar-refractivity contribution < 1.29 is 9.53 Å². The highest BCUT2D eigenvalue weighted by molar-refractivity contribution is 5.95. The van der Waals surface area contributed by atoms with E-state index in [1.165, 1.54) is 0 Å². The number of carbonyl (C=O) groups excluding carboxylic acids is 1. The van der Waals surface area contributed by atoms with Crippen molar-refractivity contribution in [3.05, 3.63) is 29.3 Å². The highest BCUT2D eigenvalue weighted by atomic mass is 16.5. The zero-order valence-electron chi connectivity index (χ0n) is 9.98. The minimum Gasteiger partial charge on any atom is -0.490 e. The van der Waals surface area contributed by atoms with E-state index in [1.807, 2.05) is 19.1 Å². The molecule has 2 atom stereocenters. The largest absolute Gasteiger partial charge is 0.490 e. The average molecular weight is 234 g/mol. The molecule has 4 heteroatoms. The lowest BCUT2D eigenvalue weighted by atomic mass is 10.1. The molecule has 1 fully saturated rings. The quantitative estimate of drug-likeness (QED) is 0.828. The second-order valence-corrected chi connectivity index (χ2v) is 4.68. The number of rotatable bonds is 3. The summed E-state index contributed by atoms with van der Waals surface area (Å²) in [7, 11) is 0. The fourth-order valence-electron chi connectivity index (χ4n) is 2.19. The highest BCUT2D eigenvalue weighted by Crippen LogP contribution is 2.27. The van der Waals surface area contributed by atoms with E-state index in [1.54, 1.807) is 6.07 Å². The van der Waals surface area contributed by atoms with Crippen molar-refractivity contribution >= 4 is 5.91 Å². The number of benzene rings is 1. The van der Waals surface area contributed by atoms with Gasteiger partial charge in [-0.25, -0.2) is 0 Å². The monoisotopic (exact) mass is 234 g/mol. The summed E-state index contributed by atoms with van der Waals surface area (Å²) >= 11 is 0. The molecule has 1 aliphatic carbocycles. The van der Waals surface area contributed by atoms with Gasteiger partial charge >= 0.3 is 0 Å². The topological polar surface area (TPSA) is 78.3 Å². The number of aryl methyl sites for hydroxylation is 1. The molecule has 0 saturated heterocycles. The lowest BCUT2D eigenvalue weighted by Gasteiger charge is -2.16. The summed E-state index contributed by atoms with van der Waals surface area (Å²) in [4.78, 5) is 11.3. The van der Waals surface area contributed by atoms with Crippen LogP contribution in [0.1, 0.15) is 35.2 Å². The van der Waals surface area contributed by atoms with E-state index in [0.29, 0.717) is 11.3 Å². The Kier molecular flexibility index (Phi) is 3.33. The zero-order chi connectivity index (χ0) is 12.4. The molecule has 0 aliphatic heterocycles. The maximum Gasteiger partial charge on any atom is 0.252 e. The summed E-state index contributed by atoms with van der Waals surface area (Å²) in [6.45, 7) is 1.96. The van der Waals surface area contributed by atoms with Crippen molar-refractivity contribution in [1.29, 1.82) is 0 Å². The van der Waals surface area contributed by atoms with Gasteiger partial charge in [0, 0.05) is 6.04 Å². The number of hydrogen-bond donors (Lipinski definition) is 2. The van der Waals surface area contributed by atoms with Crippen molar-refractivity contribution in [2.75, 3.05) is 0 Å². The second-order valence-electron chi connectivity index (χ2n) is 4.68. The van der Waals surface area contributed by atoms with E-state index in [9.17, 15) is 4.79 Å². The third-order valence-corrected chi connectivity index (χ3v) is 3.12. The predicted octanol–water partition coefficient (Wildman–Crippen LogP) is 1.35. The first-order valence-corrected chi connectivity index (χ1v) is 5.89. The molecule has 0 aromatic heterocycles. The first-order chi connectivity index (χ1) is 8.06. The van der Waals surface area contributed by atoms with E-state index in [0.717, 1.165) is 24.8 Å². The molecule has 1 aliphatic rings. The molecule has 17 heavy (non-hydrogen) atoms. The van der Waals surface area contributed by atoms with Crippen molar-refractivity contribution in [3.63, 3.8) is 0 Å². The fourth-order valence-corrected chi connectivity index (χ4v) is 2.19. The van der Waals surface area contributed by atoms with Crippen LogP contribution in [0, 0.1) is 6.92 Å². The number of amides is 1. The van der Waals surface area contributed by atoms with E-state index >= 15 is 0 Å². The van der Waals surface area contributed by atoms with Gasteiger partial charge in [0.15, 0.2) is 0 Å². The molecule has 4 N–H and O–H groups in total. The van der Waals surface area contributed by atoms with E-state index in [2.05, 4.69) is 0 Å². The third kappa shape index (κ3) is 2.77. The van der Waals surface area contributed by atoms with Crippen molar-refractivity contribution in [3.8, 4) is 5.75 Å². The van der Waals surface area contributed by atoms with Gasteiger partial charge in [0.2, 0.25) is 0 Å². The van der Waals surface area contributed by atoms with Crippen LogP contribution in [0.3, 0.4) is 0 Å². The van der Waals surface area contributed by atoms with Gasteiger partial charge in [0.1, 0.15) is 11.9 Å². The van der Waals surface area contributed by atoms with Crippen molar-refractivity contribution in [2.24, 2.45) is 11.5 Å². The summed E-state index contributed by atoms with van der Waals surface area (Å²) in [6, 6.07) is 5.63. The van der Waals surface area contributed by atoms with Gasteiger partial charge in [0.05, 0.1) is 5.56 Å². The first-order valence-electron chi connectivity index (χ1n) is 5.89. The molecule has 1 saturated carbocycles. The Morgan fingerprint density at radius 2 is 2.18 bits per heavy atom. The Hall–Kier alpha value is -1.55. The molecule has 0 bridgehead atoms. The Bertz CT molecular complexity index is 431. The van der Waals surface area contributed by atoms with E-state index in [4.69, 9.17) is 16.2 Å². The number of carbonyl (C=O) groups is 1. The van der Waals surface area contributed by atoms with Gasteiger partial charge in [0.25, 0.3) is 5.91 Å². The molecular weight excluding hydrogens is 216 g/mol. The zero-order valence-corrected chi connectivity index (χ0v) is 9.98. The molecule has 1 aromatic rings. The Morgan fingerprint density at radius 3 is 2.76 bits per heavy atom.